The summed E-state index contributed by atoms with van der Waals surface area (Å²) in [5, 5.41) is 0. The van der Waals surface area contributed by atoms with Crippen LogP contribution in [0.2, 0.25) is 0 Å². The first kappa shape index (κ1) is 12.8. The largest absolute Gasteiger partial charge is 0.369 e. The van der Waals surface area contributed by atoms with Gasteiger partial charge >= 0.3 is 0 Å². The van der Waals surface area contributed by atoms with Gasteiger partial charge in [0, 0.05) is 8.90 Å². The molecule has 0 spiro atoms. The molecule has 2 atom stereocenters. The van der Waals surface area contributed by atoms with E-state index in [9.17, 15) is 0 Å². The van der Waals surface area contributed by atoms with Crippen molar-refractivity contribution in [2.45, 2.75) is 32.0 Å². The smallest absolute Gasteiger partial charge is 0.0928 e. The van der Waals surface area contributed by atoms with Crippen molar-refractivity contribution < 1.29 is 4.74 Å². The first-order valence-electron chi connectivity index (χ1n) is 5.68. The van der Waals surface area contributed by atoms with Crippen LogP contribution in [0.1, 0.15) is 31.4 Å². The van der Waals surface area contributed by atoms with E-state index in [4.69, 9.17) is 4.74 Å². The zero-order chi connectivity index (χ0) is 11.5. The van der Waals surface area contributed by atoms with E-state index in [2.05, 4.69) is 63.6 Å². The zero-order valence-electron chi connectivity index (χ0n) is 9.33. The lowest BCUT2D eigenvalue weighted by atomic mass is 10.1. The second-order valence-corrected chi connectivity index (χ2v) is 6.08. The Balaban J connectivity index is 2.06. The number of halogens is 2. The van der Waals surface area contributed by atoms with Gasteiger partial charge < -0.3 is 4.74 Å². The fourth-order valence-electron chi connectivity index (χ4n) is 1.86. The summed E-state index contributed by atoms with van der Waals surface area (Å²) in [4.78, 5) is 0. The lowest BCUT2D eigenvalue weighted by molar-refractivity contribution is -0.000961. The van der Waals surface area contributed by atoms with E-state index in [1.807, 2.05) is 6.07 Å². The minimum absolute atomic E-state index is 0.215. The molecular weight excluding hydrogens is 379 g/mol. The van der Waals surface area contributed by atoms with Crippen LogP contribution in [0.4, 0.5) is 0 Å². The maximum Gasteiger partial charge on any atom is 0.0928 e. The molecule has 3 heteroatoms. The Hall–Kier alpha value is 0.390. The van der Waals surface area contributed by atoms with E-state index >= 15 is 0 Å². The molecule has 0 amide bonds. The van der Waals surface area contributed by atoms with Crippen LogP contribution < -0.4 is 0 Å². The lowest BCUT2D eigenvalue weighted by Gasteiger charge is -2.22. The number of benzene rings is 1. The number of alkyl halides is 1. The van der Waals surface area contributed by atoms with Gasteiger partial charge in [-0.05, 0) is 37.3 Å². The van der Waals surface area contributed by atoms with Crippen LogP contribution in [-0.4, -0.2) is 10.5 Å². The topological polar surface area (TPSA) is 9.23 Å². The van der Waals surface area contributed by atoms with Gasteiger partial charge in [0.25, 0.3) is 0 Å². The number of rotatable bonds is 5. The molecule has 1 aliphatic carbocycles. The lowest BCUT2D eigenvalue weighted by Crippen LogP contribution is -2.16. The van der Waals surface area contributed by atoms with E-state index in [-0.39, 0.29) is 6.10 Å². The highest BCUT2D eigenvalue weighted by molar-refractivity contribution is 14.1. The van der Waals surface area contributed by atoms with Gasteiger partial charge in [-0.3, -0.25) is 0 Å². The highest BCUT2D eigenvalue weighted by atomic mass is 127. The molecular formula is C13H16BrIO. The number of hydrogen-bond acceptors (Lipinski definition) is 1. The van der Waals surface area contributed by atoms with E-state index in [1.54, 1.807) is 0 Å². The second-order valence-electron chi connectivity index (χ2n) is 4.34. The van der Waals surface area contributed by atoms with Crippen molar-refractivity contribution in [3.05, 3.63) is 34.3 Å². The van der Waals surface area contributed by atoms with Gasteiger partial charge in [0.05, 0.1) is 12.2 Å². The summed E-state index contributed by atoms with van der Waals surface area (Å²) in [6.45, 7) is 2.20. The van der Waals surface area contributed by atoms with Gasteiger partial charge in [-0.2, -0.15) is 0 Å². The van der Waals surface area contributed by atoms with Crippen LogP contribution in [0.25, 0.3) is 0 Å². The van der Waals surface area contributed by atoms with Crippen LogP contribution in [-0.2, 0) is 4.74 Å². The van der Waals surface area contributed by atoms with Crippen molar-refractivity contribution in [3.8, 4) is 0 Å². The molecule has 16 heavy (non-hydrogen) atoms. The van der Waals surface area contributed by atoms with Crippen molar-refractivity contribution in [2.24, 2.45) is 5.92 Å². The summed E-state index contributed by atoms with van der Waals surface area (Å²) >= 11 is 6.00. The molecule has 0 N–H and O–H groups in total. The Kier molecular flexibility index (Phi) is 4.67. The molecule has 1 fully saturated rings. The Morgan fingerprint density at radius 1 is 1.44 bits per heavy atom. The average Bonchev–Trinajstić information content (AvgIpc) is 3.10. The van der Waals surface area contributed by atoms with Gasteiger partial charge in [0.15, 0.2) is 0 Å². The third-order valence-corrected chi connectivity index (χ3v) is 4.58. The standard InChI is InChI=1S/C13H16BrIO/c1-9(10-6-7-10)16-13(8-15)11-4-2-3-5-12(11)14/h2-5,9-10,13H,6-8H2,1H3. The summed E-state index contributed by atoms with van der Waals surface area (Å²) in [7, 11) is 0. The Bertz CT molecular complexity index is 352. The van der Waals surface area contributed by atoms with E-state index in [0.717, 1.165) is 14.8 Å². The summed E-state index contributed by atoms with van der Waals surface area (Å²) in [5.41, 5.74) is 1.27. The molecule has 1 aliphatic rings. The first-order chi connectivity index (χ1) is 7.72. The van der Waals surface area contributed by atoms with Crippen LogP contribution in [0.5, 0.6) is 0 Å². The van der Waals surface area contributed by atoms with Crippen molar-refractivity contribution in [3.63, 3.8) is 0 Å². The van der Waals surface area contributed by atoms with Gasteiger partial charge in [0.2, 0.25) is 0 Å². The minimum atomic E-state index is 0.215. The summed E-state index contributed by atoms with van der Waals surface area (Å²) in [6, 6.07) is 8.35. The molecule has 2 rings (SSSR count). The number of hydrogen-bond donors (Lipinski definition) is 0. The number of ether oxygens (including phenoxy) is 1. The monoisotopic (exact) mass is 394 g/mol. The quantitative estimate of drug-likeness (QED) is 0.517. The summed E-state index contributed by atoms with van der Waals surface area (Å²) < 4.78 is 8.30. The van der Waals surface area contributed by atoms with Gasteiger partial charge in [-0.25, -0.2) is 0 Å². The second kappa shape index (κ2) is 5.83. The highest BCUT2D eigenvalue weighted by Gasteiger charge is 2.30. The predicted octanol–water partition coefficient (Wildman–Crippen LogP) is 4.74. The zero-order valence-corrected chi connectivity index (χ0v) is 13.1. The highest BCUT2D eigenvalue weighted by Crippen LogP contribution is 2.37. The molecule has 0 aromatic heterocycles. The van der Waals surface area contributed by atoms with Crippen molar-refractivity contribution in [2.75, 3.05) is 4.43 Å². The normalized spacial score (nSPS) is 19.4. The van der Waals surface area contributed by atoms with Crippen molar-refractivity contribution >= 4 is 38.5 Å². The fraction of sp³-hybridized carbons (Fsp3) is 0.538. The van der Waals surface area contributed by atoms with Crippen LogP contribution in [0, 0.1) is 5.92 Å². The molecule has 0 radical (unpaired) electrons. The molecule has 0 heterocycles. The van der Waals surface area contributed by atoms with Gasteiger partial charge in [0.1, 0.15) is 0 Å². The minimum Gasteiger partial charge on any atom is -0.369 e. The van der Waals surface area contributed by atoms with Gasteiger partial charge in [-0.15, -0.1) is 0 Å². The van der Waals surface area contributed by atoms with Crippen molar-refractivity contribution in [1.29, 1.82) is 0 Å². The SMILES string of the molecule is CC(OC(CI)c1ccccc1Br)C1CC1. The third kappa shape index (κ3) is 3.20. The Labute approximate surface area is 119 Å². The maximum absolute atomic E-state index is 6.15. The van der Waals surface area contributed by atoms with E-state index < -0.39 is 0 Å². The molecule has 0 bridgehead atoms. The molecule has 1 saturated carbocycles. The molecule has 2 unspecified atom stereocenters. The summed E-state index contributed by atoms with van der Waals surface area (Å²) in [6.07, 6.45) is 3.29. The third-order valence-electron chi connectivity index (χ3n) is 3.06. The summed E-state index contributed by atoms with van der Waals surface area (Å²) in [5.74, 6) is 0.799. The van der Waals surface area contributed by atoms with Crippen LogP contribution in [0.15, 0.2) is 28.7 Å². The average molecular weight is 395 g/mol. The van der Waals surface area contributed by atoms with E-state index in [0.29, 0.717) is 6.10 Å². The van der Waals surface area contributed by atoms with Crippen LogP contribution >= 0.6 is 38.5 Å². The fourth-order valence-corrected chi connectivity index (χ4v) is 3.09. The molecule has 0 saturated heterocycles. The van der Waals surface area contributed by atoms with Crippen molar-refractivity contribution in [1.82, 2.24) is 0 Å². The molecule has 0 aliphatic heterocycles. The molecule has 1 nitrogen and oxygen atoms in total. The maximum atomic E-state index is 6.15. The molecule has 88 valence electrons. The van der Waals surface area contributed by atoms with E-state index in [1.165, 1.54) is 18.4 Å². The van der Waals surface area contributed by atoms with Gasteiger partial charge in [-0.1, -0.05) is 56.7 Å². The Morgan fingerprint density at radius 3 is 2.69 bits per heavy atom. The Morgan fingerprint density at radius 2 is 2.12 bits per heavy atom. The predicted molar refractivity (Wildman–Crippen MR) is 79.0 cm³/mol. The van der Waals surface area contributed by atoms with Crippen LogP contribution in [0.3, 0.4) is 0 Å². The molecule has 1 aromatic rings. The first-order valence-corrected chi connectivity index (χ1v) is 8.00. The molecule has 1 aromatic carbocycles.